The Morgan fingerprint density at radius 2 is 1.95 bits per heavy atom. The normalized spacial score (nSPS) is 25.8. The monoisotopic (exact) mass is 257 g/mol. The van der Waals surface area contributed by atoms with Crippen molar-refractivity contribution in [3.8, 4) is 0 Å². The maximum Gasteiger partial charge on any atom is 0.306 e. The zero-order chi connectivity index (χ0) is 13.6. The van der Waals surface area contributed by atoms with Crippen molar-refractivity contribution in [2.45, 2.75) is 25.3 Å². The molecule has 1 saturated carbocycles. The lowest BCUT2D eigenvalue weighted by Gasteiger charge is -2.25. The third-order valence-electron chi connectivity index (χ3n) is 4.10. The highest BCUT2D eigenvalue weighted by Gasteiger charge is 2.40. The first kappa shape index (κ1) is 12.0. The van der Waals surface area contributed by atoms with Crippen LogP contribution in [0, 0.1) is 5.92 Å². The maximum absolute atomic E-state index is 12.4. The Balaban J connectivity index is 1.87. The van der Waals surface area contributed by atoms with Crippen LogP contribution in [-0.2, 0) is 4.79 Å². The standard InChI is InChI=1S/C15H15NO3/c1-9-12-4-2-3-5-13(12)14(17)16(9)11-7-6-10(8-11)15(18)19/h2-5,10-11H,1,6-8H2,(H,18,19). The molecule has 1 aromatic rings. The SMILES string of the molecule is C=C1c2ccccc2C(=O)N1C1CCC(C(=O)O)C1. The Morgan fingerprint density at radius 1 is 1.26 bits per heavy atom. The van der Waals surface area contributed by atoms with Gasteiger partial charge in [0.2, 0.25) is 0 Å². The second-order valence-electron chi connectivity index (χ2n) is 5.17. The van der Waals surface area contributed by atoms with Crippen LogP contribution < -0.4 is 0 Å². The van der Waals surface area contributed by atoms with Gasteiger partial charge in [-0.1, -0.05) is 24.8 Å². The number of hydrogen-bond donors (Lipinski definition) is 1. The summed E-state index contributed by atoms with van der Waals surface area (Å²) in [6.07, 6.45) is 1.89. The van der Waals surface area contributed by atoms with Crippen LogP contribution in [0.2, 0.25) is 0 Å². The Hall–Kier alpha value is -2.10. The molecule has 0 spiro atoms. The van der Waals surface area contributed by atoms with Crippen molar-refractivity contribution >= 4 is 17.6 Å². The van der Waals surface area contributed by atoms with Crippen LogP contribution in [-0.4, -0.2) is 27.9 Å². The highest BCUT2D eigenvalue weighted by Crippen LogP contribution is 2.39. The van der Waals surface area contributed by atoms with Gasteiger partial charge < -0.3 is 10.0 Å². The predicted octanol–water partition coefficient (Wildman–Crippen LogP) is 2.37. The number of carboxylic acids is 1. The smallest absolute Gasteiger partial charge is 0.306 e. The Morgan fingerprint density at radius 3 is 2.53 bits per heavy atom. The summed E-state index contributed by atoms with van der Waals surface area (Å²) in [4.78, 5) is 25.1. The van der Waals surface area contributed by atoms with Crippen molar-refractivity contribution in [1.82, 2.24) is 4.90 Å². The summed E-state index contributed by atoms with van der Waals surface area (Å²) in [5.41, 5.74) is 2.24. The number of carbonyl (C=O) groups is 2. The first-order valence-electron chi connectivity index (χ1n) is 6.44. The van der Waals surface area contributed by atoms with Crippen molar-refractivity contribution < 1.29 is 14.7 Å². The van der Waals surface area contributed by atoms with E-state index in [-0.39, 0.29) is 17.9 Å². The van der Waals surface area contributed by atoms with E-state index in [0.717, 1.165) is 12.0 Å². The molecule has 0 radical (unpaired) electrons. The van der Waals surface area contributed by atoms with E-state index in [9.17, 15) is 9.59 Å². The van der Waals surface area contributed by atoms with Crippen molar-refractivity contribution in [3.05, 3.63) is 42.0 Å². The molecule has 1 heterocycles. The number of carbonyl (C=O) groups excluding carboxylic acids is 1. The largest absolute Gasteiger partial charge is 0.481 e. The summed E-state index contributed by atoms with van der Waals surface area (Å²) >= 11 is 0. The molecule has 19 heavy (non-hydrogen) atoms. The van der Waals surface area contributed by atoms with Crippen LogP contribution in [0.1, 0.15) is 35.2 Å². The molecule has 1 amide bonds. The fourth-order valence-corrected chi connectivity index (χ4v) is 3.11. The lowest BCUT2D eigenvalue weighted by Crippen LogP contribution is -2.33. The zero-order valence-corrected chi connectivity index (χ0v) is 10.5. The fraction of sp³-hybridized carbons (Fsp3) is 0.333. The molecule has 1 aromatic carbocycles. The van der Waals surface area contributed by atoms with Crippen molar-refractivity contribution in [1.29, 1.82) is 0 Å². The number of fused-ring (bicyclic) bond motifs is 1. The van der Waals surface area contributed by atoms with Gasteiger partial charge in [0, 0.05) is 22.9 Å². The lowest BCUT2D eigenvalue weighted by atomic mass is 10.1. The summed E-state index contributed by atoms with van der Waals surface area (Å²) in [7, 11) is 0. The molecule has 3 rings (SSSR count). The van der Waals surface area contributed by atoms with Gasteiger partial charge in [-0.2, -0.15) is 0 Å². The topological polar surface area (TPSA) is 57.6 Å². The molecule has 2 aliphatic rings. The van der Waals surface area contributed by atoms with Crippen LogP contribution in [0.5, 0.6) is 0 Å². The molecule has 0 saturated heterocycles. The second kappa shape index (κ2) is 4.23. The number of amides is 1. The van der Waals surface area contributed by atoms with Gasteiger partial charge in [-0.15, -0.1) is 0 Å². The van der Waals surface area contributed by atoms with Gasteiger partial charge >= 0.3 is 5.97 Å². The van der Waals surface area contributed by atoms with E-state index in [2.05, 4.69) is 6.58 Å². The average Bonchev–Trinajstić information content (AvgIpc) is 2.96. The number of aliphatic carboxylic acids is 1. The average molecular weight is 257 g/mol. The molecule has 2 atom stereocenters. The lowest BCUT2D eigenvalue weighted by molar-refractivity contribution is -0.141. The van der Waals surface area contributed by atoms with Gasteiger partial charge in [0.25, 0.3) is 5.91 Å². The van der Waals surface area contributed by atoms with Crippen molar-refractivity contribution in [2.75, 3.05) is 0 Å². The van der Waals surface area contributed by atoms with Crippen LogP contribution in [0.25, 0.3) is 5.70 Å². The van der Waals surface area contributed by atoms with E-state index in [1.54, 1.807) is 11.0 Å². The fourth-order valence-electron chi connectivity index (χ4n) is 3.11. The van der Waals surface area contributed by atoms with Gasteiger partial charge in [-0.05, 0) is 25.3 Å². The molecular weight excluding hydrogens is 242 g/mol. The first-order chi connectivity index (χ1) is 9.09. The quantitative estimate of drug-likeness (QED) is 0.884. The van der Waals surface area contributed by atoms with E-state index in [1.807, 2.05) is 18.2 Å². The van der Waals surface area contributed by atoms with Gasteiger partial charge in [-0.25, -0.2) is 0 Å². The van der Waals surface area contributed by atoms with Gasteiger partial charge in [0.15, 0.2) is 0 Å². The summed E-state index contributed by atoms with van der Waals surface area (Å²) < 4.78 is 0. The molecule has 4 nitrogen and oxygen atoms in total. The van der Waals surface area contributed by atoms with E-state index in [4.69, 9.17) is 5.11 Å². The minimum atomic E-state index is -0.766. The second-order valence-corrected chi connectivity index (χ2v) is 5.17. The molecule has 4 heteroatoms. The maximum atomic E-state index is 12.4. The number of rotatable bonds is 2. The Bertz CT molecular complexity index is 544. The molecule has 0 aromatic heterocycles. The number of carboxylic acid groups (broad SMARTS) is 1. The summed E-state index contributed by atoms with van der Waals surface area (Å²) in [6.45, 7) is 4.00. The molecule has 2 unspecified atom stereocenters. The van der Waals surface area contributed by atoms with Crippen LogP contribution in [0.3, 0.4) is 0 Å². The minimum Gasteiger partial charge on any atom is -0.481 e. The predicted molar refractivity (Wildman–Crippen MR) is 70.4 cm³/mol. The van der Waals surface area contributed by atoms with Crippen molar-refractivity contribution in [2.24, 2.45) is 5.92 Å². The summed E-state index contributed by atoms with van der Waals surface area (Å²) in [5.74, 6) is -1.15. The molecule has 0 bridgehead atoms. The molecule has 98 valence electrons. The van der Waals surface area contributed by atoms with E-state index >= 15 is 0 Å². The molecular formula is C15H15NO3. The van der Waals surface area contributed by atoms with E-state index in [0.29, 0.717) is 24.1 Å². The number of benzene rings is 1. The van der Waals surface area contributed by atoms with E-state index in [1.165, 1.54) is 0 Å². The van der Waals surface area contributed by atoms with Gasteiger partial charge in [-0.3, -0.25) is 9.59 Å². The Kier molecular flexibility index (Phi) is 2.66. The van der Waals surface area contributed by atoms with E-state index < -0.39 is 5.97 Å². The van der Waals surface area contributed by atoms with Crippen LogP contribution >= 0.6 is 0 Å². The third kappa shape index (κ3) is 1.75. The number of nitrogens with zero attached hydrogens (tertiary/aromatic N) is 1. The Labute approximate surface area is 111 Å². The summed E-state index contributed by atoms with van der Waals surface area (Å²) in [6, 6.07) is 7.37. The highest BCUT2D eigenvalue weighted by atomic mass is 16.4. The number of hydrogen-bond acceptors (Lipinski definition) is 2. The van der Waals surface area contributed by atoms with Gasteiger partial charge in [0.05, 0.1) is 5.92 Å². The molecule has 1 N–H and O–H groups in total. The van der Waals surface area contributed by atoms with Crippen LogP contribution in [0.4, 0.5) is 0 Å². The minimum absolute atomic E-state index is 0.0338. The first-order valence-corrected chi connectivity index (χ1v) is 6.44. The highest BCUT2D eigenvalue weighted by molar-refractivity contribution is 6.09. The molecule has 1 aliphatic carbocycles. The zero-order valence-electron chi connectivity index (χ0n) is 10.5. The summed E-state index contributed by atoms with van der Waals surface area (Å²) in [5, 5.41) is 9.05. The third-order valence-corrected chi connectivity index (χ3v) is 4.10. The van der Waals surface area contributed by atoms with Crippen LogP contribution in [0.15, 0.2) is 30.8 Å². The molecule has 1 fully saturated rings. The van der Waals surface area contributed by atoms with Gasteiger partial charge in [0.1, 0.15) is 0 Å². The molecule has 1 aliphatic heterocycles. The van der Waals surface area contributed by atoms with Crippen molar-refractivity contribution in [3.63, 3.8) is 0 Å².